The third-order valence-electron chi connectivity index (χ3n) is 3.60. The van der Waals surface area contributed by atoms with Crippen molar-refractivity contribution in [2.45, 2.75) is 16.2 Å². The van der Waals surface area contributed by atoms with Gasteiger partial charge in [0, 0.05) is 11.2 Å². The van der Waals surface area contributed by atoms with Gasteiger partial charge in [0.2, 0.25) is 11.8 Å². The second-order valence-corrected chi connectivity index (χ2v) is 8.95. The van der Waals surface area contributed by atoms with Gasteiger partial charge in [-0.1, -0.05) is 17.2 Å². The van der Waals surface area contributed by atoms with E-state index >= 15 is 0 Å². The van der Waals surface area contributed by atoms with Gasteiger partial charge in [0.15, 0.2) is 9.84 Å². The topological polar surface area (TPSA) is 102 Å². The molecule has 0 radical (unpaired) electrons. The molecular weight excluding hydrogens is 405 g/mol. The van der Waals surface area contributed by atoms with Gasteiger partial charge in [-0.05, 0) is 42.0 Å². The molecule has 1 amide bonds. The number of amides is 1. The molecule has 10 heteroatoms. The molecule has 1 N–H and O–H groups in total. The summed E-state index contributed by atoms with van der Waals surface area (Å²) in [5.41, 5.74) is 0.792. The number of benzene rings is 2. The normalized spacial score (nSPS) is 11.4. The Morgan fingerprint density at radius 1 is 1.11 bits per heavy atom. The third kappa shape index (κ3) is 5.64. The number of nitrogens with zero attached hydrogens (tertiary/aromatic N) is 2. The first-order valence-electron chi connectivity index (χ1n) is 8.09. The molecule has 2 aromatic carbocycles. The van der Waals surface area contributed by atoms with E-state index in [1.54, 1.807) is 24.3 Å². The molecule has 0 aliphatic carbocycles. The molecule has 0 aliphatic rings. The average molecular weight is 421 g/mol. The number of rotatable bonds is 7. The van der Waals surface area contributed by atoms with Gasteiger partial charge in [-0.3, -0.25) is 10.1 Å². The first-order chi connectivity index (χ1) is 13.3. The van der Waals surface area contributed by atoms with E-state index < -0.39 is 9.84 Å². The summed E-state index contributed by atoms with van der Waals surface area (Å²) in [7, 11) is -3.25. The molecule has 0 unspecified atom stereocenters. The predicted octanol–water partition coefficient (Wildman–Crippen LogP) is 2.93. The summed E-state index contributed by atoms with van der Waals surface area (Å²) in [6.45, 7) is 0. The maximum Gasteiger partial charge on any atom is 0.322 e. The first kappa shape index (κ1) is 20.0. The number of sulfone groups is 1. The van der Waals surface area contributed by atoms with Gasteiger partial charge in [-0.2, -0.15) is 0 Å². The standard InChI is InChI=1S/C18H16FN3O4S2/c1-28(24,25)15-8-2-12(3-9-15)10-17-21-22-18(26-17)20-16(23)11-27-14-6-4-13(19)5-7-14/h2-9H,10-11H2,1H3,(H,20,22,23). The minimum atomic E-state index is -3.25. The van der Waals surface area contributed by atoms with Crippen LogP contribution in [0.5, 0.6) is 0 Å². The Morgan fingerprint density at radius 3 is 2.43 bits per heavy atom. The lowest BCUT2D eigenvalue weighted by atomic mass is 10.1. The quantitative estimate of drug-likeness (QED) is 0.585. The van der Waals surface area contributed by atoms with E-state index in [2.05, 4.69) is 15.5 Å². The van der Waals surface area contributed by atoms with E-state index in [1.165, 1.54) is 36.0 Å². The zero-order valence-corrected chi connectivity index (χ0v) is 16.4. The molecule has 0 atom stereocenters. The molecule has 7 nitrogen and oxygen atoms in total. The smallest absolute Gasteiger partial charge is 0.322 e. The summed E-state index contributed by atoms with van der Waals surface area (Å²) in [5.74, 6) is -0.273. The van der Waals surface area contributed by atoms with Crippen LogP contribution in [0.3, 0.4) is 0 Å². The number of thioether (sulfide) groups is 1. The van der Waals surface area contributed by atoms with Crippen LogP contribution in [0.4, 0.5) is 10.4 Å². The summed E-state index contributed by atoms with van der Waals surface area (Å²) in [6, 6.07) is 12.2. The summed E-state index contributed by atoms with van der Waals surface area (Å²) in [5, 5.41) is 10.1. The molecule has 28 heavy (non-hydrogen) atoms. The molecule has 0 spiro atoms. The fourth-order valence-corrected chi connectivity index (χ4v) is 3.57. The Labute approximate surface area is 165 Å². The van der Waals surface area contributed by atoms with Crippen LogP contribution < -0.4 is 5.32 Å². The zero-order chi connectivity index (χ0) is 20.1. The lowest BCUT2D eigenvalue weighted by Gasteiger charge is -2.02. The van der Waals surface area contributed by atoms with E-state index in [-0.39, 0.29) is 34.3 Å². The molecule has 3 aromatic rings. The van der Waals surface area contributed by atoms with Crippen LogP contribution in [0.2, 0.25) is 0 Å². The minimum absolute atomic E-state index is 0.0209. The van der Waals surface area contributed by atoms with Crippen LogP contribution in [0.25, 0.3) is 0 Å². The van der Waals surface area contributed by atoms with Crippen LogP contribution in [-0.4, -0.2) is 36.5 Å². The minimum Gasteiger partial charge on any atom is -0.407 e. The summed E-state index contributed by atoms with van der Waals surface area (Å²) in [4.78, 5) is 13.0. The van der Waals surface area contributed by atoms with Crippen molar-refractivity contribution in [3.8, 4) is 0 Å². The Bertz CT molecular complexity index is 1060. The molecule has 0 fully saturated rings. The number of aromatic nitrogens is 2. The highest BCUT2D eigenvalue weighted by atomic mass is 32.2. The zero-order valence-electron chi connectivity index (χ0n) is 14.8. The highest BCUT2D eigenvalue weighted by Crippen LogP contribution is 2.19. The van der Waals surface area contributed by atoms with Crippen LogP contribution in [0, 0.1) is 5.82 Å². The molecule has 1 aromatic heterocycles. The number of nitrogens with one attached hydrogen (secondary N) is 1. The van der Waals surface area contributed by atoms with Gasteiger partial charge >= 0.3 is 6.01 Å². The van der Waals surface area contributed by atoms with Crippen LogP contribution in [0.1, 0.15) is 11.5 Å². The number of anilines is 1. The van der Waals surface area contributed by atoms with Gasteiger partial charge in [0.25, 0.3) is 0 Å². The Balaban J connectivity index is 1.53. The molecule has 0 bridgehead atoms. The highest BCUT2D eigenvalue weighted by molar-refractivity contribution is 8.00. The predicted molar refractivity (Wildman–Crippen MR) is 102 cm³/mol. The number of hydrogen-bond donors (Lipinski definition) is 1. The van der Waals surface area contributed by atoms with Crippen molar-refractivity contribution in [2.75, 3.05) is 17.3 Å². The lowest BCUT2D eigenvalue weighted by molar-refractivity contribution is -0.113. The first-order valence-corrected chi connectivity index (χ1v) is 11.0. The van der Waals surface area contributed by atoms with Crippen molar-refractivity contribution in [1.82, 2.24) is 10.2 Å². The van der Waals surface area contributed by atoms with Crippen molar-refractivity contribution in [3.63, 3.8) is 0 Å². The van der Waals surface area contributed by atoms with Crippen LogP contribution in [-0.2, 0) is 21.1 Å². The second kappa shape index (κ2) is 8.53. The van der Waals surface area contributed by atoms with E-state index in [9.17, 15) is 17.6 Å². The van der Waals surface area contributed by atoms with E-state index in [4.69, 9.17) is 4.42 Å². The summed E-state index contributed by atoms with van der Waals surface area (Å²) >= 11 is 1.25. The van der Waals surface area contributed by atoms with Crippen molar-refractivity contribution < 1.29 is 22.0 Å². The SMILES string of the molecule is CS(=O)(=O)c1ccc(Cc2nnc(NC(=O)CSc3ccc(F)cc3)o2)cc1. The fourth-order valence-electron chi connectivity index (χ4n) is 2.24. The van der Waals surface area contributed by atoms with Crippen molar-refractivity contribution in [1.29, 1.82) is 0 Å². The number of carbonyl (C=O) groups is 1. The highest BCUT2D eigenvalue weighted by Gasteiger charge is 2.12. The van der Waals surface area contributed by atoms with Crippen LogP contribution in [0.15, 0.2) is 62.7 Å². The number of carbonyl (C=O) groups excluding carboxylic acids is 1. The Kier molecular flexibility index (Phi) is 6.10. The monoisotopic (exact) mass is 421 g/mol. The summed E-state index contributed by atoms with van der Waals surface area (Å²) in [6.07, 6.45) is 1.45. The Morgan fingerprint density at radius 2 is 1.79 bits per heavy atom. The molecule has 0 saturated carbocycles. The molecule has 0 saturated heterocycles. The molecular formula is C18H16FN3O4S2. The van der Waals surface area contributed by atoms with Crippen molar-refractivity contribution in [3.05, 3.63) is 65.8 Å². The van der Waals surface area contributed by atoms with E-state index in [1.807, 2.05) is 0 Å². The maximum atomic E-state index is 12.9. The van der Waals surface area contributed by atoms with Crippen molar-refractivity contribution in [2.24, 2.45) is 0 Å². The van der Waals surface area contributed by atoms with E-state index in [0.717, 1.165) is 16.7 Å². The second-order valence-electron chi connectivity index (χ2n) is 5.88. The van der Waals surface area contributed by atoms with Gasteiger partial charge in [0.05, 0.1) is 17.1 Å². The molecule has 0 aliphatic heterocycles. The summed E-state index contributed by atoms with van der Waals surface area (Å²) < 4.78 is 41.2. The molecule has 1 heterocycles. The van der Waals surface area contributed by atoms with Gasteiger partial charge in [-0.15, -0.1) is 16.9 Å². The lowest BCUT2D eigenvalue weighted by Crippen LogP contribution is -2.14. The van der Waals surface area contributed by atoms with E-state index in [0.29, 0.717) is 6.42 Å². The van der Waals surface area contributed by atoms with Crippen LogP contribution >= 0.6 is 11.8 Å². The van der Waals surface area contributed by atoms with Gasteiger partial charge < -0.3 is 4.42 Å². The average Bonchev–Trinajstić information content (AvgIpc) is 3.07. The van der Waals surface area contributed by atoms with Gasteiger partial charge in [0.1, 0.15) is 5.82 Å². The molecule has 3 rings (SSSR count). The number of halogens is 1. The molecule has 146 valence electrons. The maximum absolute atomic E-state index is 12.9. The largest absolute Gasteiger partial charge is 0.407 e. The Hall–Kier alpha value is -2.72. The van der Waals surface area contributed by atoms with Gasteiger partial charge in [-0.25, -0.2) is 12.8 Å². The van der Waals surface area contributed by atoms with Crippen molar-refractivity contribution >= 4 is 33.5 Å². The third-order valence-corrected chi connectivity index (χ3v) is 5.74. The number of hydrogen-bond acceptors (Lipinski definition) is 7. The fraction of sp³-hybridized carbons (Fsp3) is 0.167.